The van der Waals surface area contributed by atoms with Crippen molar-refractivity contribution in [1.29, 1.82) is 0 Å². The Labute approximate surface area is 149 Å². The summed E-state index contributed by atoms with van der Waals surface area (Å²) in [6.07, 6.45) is 0. The molecule has 0 bridgehead atoms. The van der Waals surface area contributed by atoms with Crippen LogP contribution in [-0.2, 0) is 9.53 Å². The Morgan fingerprint density at radius 3 is 2.04 bits per heavy atom. The van der Waals surface area contributed by atoms with Crippen LogP contribution in [0.5, 0.6) is 11.5 Å². The predicted molar refractivity (Wildman–Crippen MR) is 93.4 cm³/mol. The summed E-state index contributed by atoms with van der Waals surface area (Å²) in [7, 11) is 2.82. The molecule has 26 heavy (non-hydrogen) atoms. The molecule has 2 rings (SSSR count). The molecular formula is C18H18N2O6. The highest BCUT2D eigenvalue weighted by Crippen LogP contribution is 2.28. The first-order valence-electron chi connectivity index (χ1n) is 7.54. The average Bonchev–Trinajstić information content (AvgIpc) is 2.65. The maximum absolute atomic E-state index is 12.3. The van der Waals surface area contributed by atoms with Crippen LogP contribution in [0.15, 0.2) is 42.5 Å². The maximum atomic E-state index is 12.3. The summed E-state index contributed by atoms with van der Waals surface area (Å²) >= 11 is 0. The van der Waals surface area contributed by atoms with Gasteiger partial charge in [0.25, 0.3) is 5.91 Å². The van der Waals surface area contributed by atoms with E-state index in [9.17, 15) is 14.4 Å². The number of carbonyl (C=O) groups excluding carboxylic acids is 3. The molecule has 0 saturated heterocycles. The van der Waals surface area contributed by atoms with Gasteiger partial charge in [0.1, 0.15) is 17.1 Å². The first kappa shape index (κ1) is 18.8. The van der Waals surface area contributed by atoms with Gasteiger partial charge in [-0.15, -0.1) is 0 Å². The molecule has 0 atom stereocenters. The second-order valence-electron chi connectivity index (χ2n) is 5.10. The topological polar surface area (TPSA) is 117 Å². The molecule has 0 aliphatic rings. The number of anilines is 1. The lowest BCUT2D eigenvalue weighted by Gasteiger charge is -2.12. The molecule has 2 aromatic carbocycles. The van der Waals surface area contributed by atoms with E-state index in [0.717, 1.165) is 0 Å². The minimum atomic E-state index is -0.751. The third-order valence-electron chi connectivity index (χ3n) is 3.42. The van der Waals surface area contributed by atoms with Gasteiger partial charge in [0.15, 0.2) is 6.61 Å². The second kappa shape index (κ2) is 8.52. The van der Waals surface area contributed by atoms with Gasteiger partial charge in [0.2, 0.25) is 5.91 Å². The van der Waals surface area contributed by atoms with Crippen LogP contribution in [0.2, 0.25) is 0 Å². The average molecular weight is 358 g/mol. The Morgan fingerprint density at radius 2 is 1.54 bits per heavy atom. The summed E-state index contributed by atoms with van der Waals surface area (Å²) in [4.78, 5) is 35.2. The zero-order chi connectivity index (χ0) is 19.1. The van der Waals surface area contributed by atoms with Crippen molar-refractivity contribution in [3.63, 3.8) is 0 Å². The number of benzene rings is 2. The minimum absolute atomic E-state index is 0.0936. The molecule has 0 unspecified atom stereocenters. The first-order chi connectivity index (χ1) is 12.5. The summed E-state index contributed by atoms with van der Waals surface area (Å²) < 4.78 is 15.3. The van der Waals surface area contributed by atoms with E-state index >= 15 is 0 Å². The Balaban J connectivity index is 1.99. The van der Waals surface area contributed by atoms with Crippen molar-refractivity contribution in [2.45, 2.75) is 0 Å². The second-order valence-corrected chi connectivity index (χ2v) is 5.10. The molecule has 0 fully saturated rings. The van der Waals surface area contributed by atoms with E-state index < -0.39 is 24.4 Å². The van der Waals surface area contributed by atoms with Crippen molar-refractivity contribution in [2.24, 2.45) is 5.73 Å². The molecule has 0 saturated carbocycles. The van der Waals surface area contributed by atoms with Crippen molar-refractivity contribution >= 4 is 23.5 Å². The fourth-order valence-electron chi connectivity index (χ4n) is 2.17. The largest absolute Gasteiger partial charge is 0.496 e. The highest BCUT2D eigenvalue weighted by atomic mass is 16.5. The molecule has 2 aromatic rings. The van der Waals surface area contributed by atoms with E-state index in [4.69, 9.17) is 19.9 Å². The summed E-state index contributed by atoms with van der Waals surface area (Å²) in [6.45, 7) is -0.502. The molecule has 0 aromatic heterocycles. The van der Waals surface area contributed by atoms with Crippen LogP contribution in [0.3, 0.4) is 0 Å². The lowest BCUT2D eigenvalue weighted by atomic mass is 10.2. The minimum Gasteiger partial charge on any atom is -0.496 e. The van der Waals surface area contributed by atoms with Crippen LogP contribution in [0.4, 0.5) is 5.69 Å². The molecule has 3 N–H and O–H groups in total. The van der Waals surface area contributed by atoms with Crippen LogP contribution >= 0.6 is 0 Å². The van der Waals surface area contributed by atoms with Crippen LogP contribution in [-0.4, -0.2) is 38.6 Å². The van der Waals surface area contributed by atoms with Gasteiger partial charge in [-0.1, -0.05) is 6.07 Å². The van der Waals surface area contributed by atoms with Crippen molar-refractivity contribution < 1.29 is 28.6 Å². The molecule has 0 spiro atoms. The molecule has 8 nitrogen and oxygen atoms in total. The third kappa shape index (κ3) is 4.50. The fraction of sp³-hybridized carbons (Fsp3) is 0.167. The van der Waals surface area contributed by atoms with Gasteiger partial charge in [-0.3, -0.25) is 9.59 Å². The van der Waals surface area contributed by atoms with Gasteiger partial charge in [-0.05, 0) is 36.4 Å². The highest BCUT2D eigenvalue weighted by Gasteiger charge is 2.20. The summed E-state index contributed by atoms with van der Waals surface area (Å²) in [5.74, 6) is -1.31. The Hall–Kier alpha value is -3.55. The molecule has 0 radical (unpaired) electrons. The van der Waals surface area contributed by atoms with Crippen molar-refractivity contribution in [1.82, 2.24) is 0 Å². The maximum Gasteiger partial charge on any atom is 0.346 e. The Kier molecular flexibility index (Phi) is 6.15. The number of ether oxygens (including phenoxy) is 3. The van der Waals surface area contributed by atoms with E-state index in [1.807, 2.05) is 0 Å². The molecule has 2 amide bonds. The van der Waals surface area contributed by atoms with Crippen LogP contribution < -0.4 is 20.5 Å². The van der Waals surface area contributed by atoms with Gasteiger partial charge in [0.05, 0.1) is 14.2 Å². The van der Waals surface area contributed by atoms with Gasteiger partial charge in [0, 0.05) is 11.3 Å². The fourth-order valence-corrected chi connectivity index (χ4v) is 2.17. The summed E-state index contributed by atoms with van der Waals surface area (Å²) in [6, 6.07) is 10.8. The SMILES string of the molecule is COc1cccc(OC)c1C(=O)OCC(=O)Nc1ccc(C(N)=O)cc1. The number of amides is 2. The van der Waals surface area contributed by atoms with Crippen molar-refractivity contribution in [3.8, 4) is 11.5 Å². The number of nitrogens with one attached hydrogen (secondary N) is 1. The number of hydrogen-bond donors (Lipinski definition) is 2. The summed E-state index contributed by atoms with van der Waals surface area (Å²) in [5.41, 5.74) is 5.99. The Bertz CT molecular complexity index is 795. The quantitative estimate of drug-likeness (QED) is 0.726. The van der Waals surface area contributed by atoms with E-state index in [1.165, 1.54) is 38.5 Å². The third-order valence-corrected chi connectivity index (χ3v) is 3.42. The van der Waals surface area contributed by atoms with Crippen LogP contribution in [0.1, 0.15) is 20.7 Å². The zero-order valence-corrected chi connectivity index (χ0v) is 14.3. The van der Waals surface area contributed by atoms with Crippen molar-refractivity contribution in [2.75, 3.05) is 26.1 Å². The highest BCUT2D eigenvalue weighted by molar-refractivity contribution is 5.99. The van der Waals surface area contributed by atoms with Gasteiger partial charge in [-0.25, -0.2) is 4.79 Å². The lowest BCUT2D eigenvalue weighted by Crippen LogP contribution is -2.21. The number of primary amides is 1. The number of rotatable bonds is 7. The number of esters is 1. The van der Waals surface area contributed by atoms with E-state index in [1.54, 1.807) is 18.2 Å². The number of nitrogens with two attached hydrogens (primary N) is 1. The monoisotopic (exact) mass is 358 g/mol. The smallest absolute Gasteiger partial charge is 0.346 e. The molecule has 136 valence electrons. The standard InChI is InChI=1S/C18H18N2O6/c1-24-13-4-3-5-14(25-2)16(13)18(23)26-10-15(21)20-12-8-6-11(7-9-12)17(19)22/h3-9H,10H2,1-2H3,(H2,19,22)(H,20,21). The first-order valence-corrected chi connectivity index (χ1v) is 7.54. The van der Waals surface area contributed by atoms with Crippen LogP contribution in [0.25, 0.3) is 0 Å². The van der Waals surface area contributed by atoms with Crippen molar-refractivity contribution in [3.05, 3.63) is 53.6 Å². The molecule has 0 aliphatic heterocycles. The number of methoxy groups -OCH3 is 2. The summed E-state index contributed by atoms with van der Waals surface area (Å²) in [5, 5.41) is 2.54. The van der Waals surface area contributed by atoms with Crippen LogP contribution in [0, 0.1) is 0 Å². The molecule has 0 aliphatic carbocycles. The molecule has 0 heterocycles. The number of hydrogen-bond acceptors (Lipinski definition) is 6. The molecule has 8 heteroatoms. The lowest BCUT2D eigenvalue weighted by molar-refractivity contribution is -0.119. The van der Waals surface area contributed by atoms with E-state index in [-0.39, 0.29) is 17.1 Å². The van der Waals surface area contributed by atoms with Gasteiger partial charge < -0.3 is 25.3 Å². The normalized spacial score (nSPS) is 9.92. The zero-order valence-electron chi connectivity index (χ0n) is 14.3. The number of carbonyl (C=O) groups is 3. The van der Waals surface area contributed by atoms with Gasteiger partial charge in [-0.2, -0.15) is 0 Å². The van der Waals surface area contributed by atoms with E-state index in [0.29, 0.717) is 11.3 Å². The van der Waals surface area contributed by atoms with Gasteiger partial charge >= 0.3 is 5.97 Å². The Morgan fingerprint density at radius 1 is 0.962 bits per heavy atom. The van der Waals surface area contributed by atoms with E-state index in [2.05, 4.69) is 5.32 Å². The molecular weight excluding hydrogens is 340 g/mol. The predicted octanol–water partition coefficient (Wildman–Crippen LogP) is 1.60.